The van der Waals surface area contributed by atoms with Gasteiger partial charge in [-0.3, -0.25) is 4.79 Å². The van der Waals surface area contributed by atoms with E-state index in [1.165, 1.54) is 16.9 Å². The van der Waals surface area contributed by atoms with Crippen LogP contribution in [0.1, 0.15) is 16.1 Å². The minimum atomic E-state index is -0.103. The van der Waals surface area contributed by atoms with Gasteiger partial charge in [-0.15, -0.1) is 11.3 Å². The Hall–Kier alpha value is -2.66. The summed E-state index contributed by atoms with van der Waals surface area (Å²) in [7, 11) is 1.59. The summed E-state index contributed by atoms with van der Waals surface area (Å²) in [6.45, 7) is 4.03. The fourth-order valence-electron chi connectivity index (χ4n) is 2.58. The third-order valence-electron chi connectivity index (χ3n) is 3.81. The maximum Gasteiger partial charge on any atom is 0.231 e. The second-order valence-corrected chi connectivity index (χ2v) is 6.87. The fourth-order valence-corrected chi connectivity index (χ4v) is 3.38. The van der Waals surface area contributed by atoms with E-state index in [1.807, 2.05) is 42.6 Å². The average Bonchev–Trinajstić information content (AvgIpc) is 3.03. The highest BCUT2D eigenvalue weighted by Crippen LogP contribution is 2.26. The number of hydrogen-bond acceptors (Lipinski definition) is 4. The Kier molecular flexibility index (Phi) is 5.14. The topological polar surface area (TPSA) is 51.2 Å². The molecule has 1 heterocycles. The molecule has 4 nitrogen and oxygen atoms in total. The fraction of sp³-hybridized carbons (Fsp3) is 0.200. The lowest BCUT2D eigenvalue weighted by Crippen LogP contribution is -2.15. The highest BCUT2D eigenvalue weighted by molar-refractivity contribution is 7.10. The number of aryl methyl sites for hydroxylation is 2. The summed E-state index contributed by atoms with van der Waals surface area (Å²) < 4.78 is 5.30. The molecule has 0 aliphatic heterocycles. The molecule has 1 amide bonds. The maximum atomic E-state index is 12.4. The van der Waals surface area contributed by atoms with Crippen LogP contribution in [0, 0.1) is 13.8 Å². The number of carbonyl (C=O) groups excluding carboxylic acids is 1. The van der Waals surface area contributed by atoms with Crippen molar-refractivity contribution in [3.05, 3.63) is 64.0 Å². The van der Waals surface area contributed by atoms with Crippen LogP contribution in [0.5, 0.6) is 5.75 Å². The van der Waals surface area contributed by atoms with E-state index in [1.54, 1.807) is 7.11 Å². The maximum absolute atomic E-state index is 12.4. The lowest BCUT2D eigenvalue weighted by atomic mass is 10.1. The Bertz CT molecular complexity index is 902. The summed E-state index contributed by atoms with van der Waals surface area (Å²) >= 11 is 1.50. The van der Waals surface area contributed by atoms with Gasteiger partial charge >= 0.3 is 0 Å². The number of carbonyl (C=O) groups is 1. The molecule has 2 aromatic carbocycles. The van der Waals surface area contributed by atoms with Gasteiger partial charge in [0, 0.05) is 10.9 Å². The number of aromatic nitrogens is 1. The van der Waals surface area contributed by atoms with Crippen LogP contribution < -0.4 is 10.1 Å². The van der Waals surface area contributed by atoms with Gasteiger partial charge in [0.2, 0.25) is 5.91 Å². The second-order valence-electron chi connectivity index (χ2n) is 5.92. The number of nitrogens with zero attached hydrogens (tertiary/aromatic N) is 1. The third kappa shape index (κ3) is 4.25. The summed E-state index contributed by atoms with van der Waals surface area (Å²) in [4.78, 5) is 17.0. The van der Waals surface area contributed by atoms with Crippen molar-refractivity contribution >= 4 is 22.9 Å². The van der Waals surface area contributed by atoms with Crippen LogP contribution in [0.4, 0.5) is 5.69 Å². The molecule has 1 N–H and O–H groups in total. The van der Waals surface area contributed by atoms with Gasteiger partial charge in [0.15, 0.2) is 0 Å². The highest BCUT2D eigenvalue weighted by Gasteiger charge is 2.12. The van der Waals surface area contributed by atoms with Gasteiger partial charge in [-0.25, -0.2) is 4.98 Å². The van der Waals surface area contributed by atoms with Crippen LogP contribution >= 0.6 is 11.3 Å². The number of methoxy groups -OCH3 is 1. The number of ether oxygens (including phenoxy) is 1. The predicted molar refractivity (Wildman–Crippen MR) is 102 cm³/mol. The summed E-state index contributed by atoms with van der Waals surface area (Å²) in [5.41, 5.74) is 4.92. The zero-order valence-electron chi connectivity index (χ0n) is 14.5. The summed E-state index contributed by atoms with van der Waals surface area (Å²) in [5.74, 6) is 0.549. The number of benzene rings is 2. The second kappa shape index (κ2) is 7.49. The molecule has 0 fully saturated rings. The normalized spacial score (nSPS) is 10.5. The number of rotatable bonds is 5. The Morgan fingerprint density at radius 3 is 2.72 bits per heavy atom. The average molecular weight is 352 g/mol. The zero-order chi connectivity index (χ0) is 17.8. The molecule has 25 heavy (non-hydrogen) atoms. The lowest BCUT2D eigenvalue weighted by Gasteiger charge is -2.10. The van der Waals surface area contributed by atoms with E-state index in [4.69, 9.17) is 4.74 Å². The van der Waals surface area contributed by atoms with Crippen molar-refractivity contribution in [2.45, 2.75) is 20.3 Å². The monoisotopic (exact) mass is 352 g/mol. The molecule has 0 aliphatic carbocycles. The van der Waals surface area contributed by atoms with E-state index in [2.05, 4.69) is 29.4 Å². The molecule has 3 aromatic rings. The van der Waals surface area contributed by atoms with Crippen molar-refractivity contribution in [3.63, 3.8) is 0 Å². The molecular formula is C20H20N2O2S. The molecule has 1 aromatic heterocycles. The van der Waals surface area contributed by atoms with Gasteiger partial charge < -0.3 is 10.1 Å². The first-order valence-electron chi connectivity index (χ1n) is 8.01. The summed E-state index contributed by atoms with van der Waals surface area (Å²) in [6.07, 6.45) is 0.244. The Morgan fingerprint density at radius 2 is 1.96 bits per heavy atom. The van der Waals surface area contributed by atoms with Gasteiger partial charge in [-0.05, 0) is 37.6 Å². The van der Waals surface area contributed by atoms with Crippen LogP contribution in [0.2, 0.25) is 0 Å². The number of amides is 1. The molecule has 0 saturated carbocycles. The Morgan fingerprint density at radius 1 is 1.16 bits per heavy atom. The zero-order valence-corrected chi connectivity index (χ0v) is 15.3. The molecule has 0 atom stereocenters. The van der Waals surface area contributed by atoms with Gasteiger partial charge in [0.25, 0.3) is 0 Å². The SMILES string of the molecule is COc1ccc(C)cc1NC(=O)Cc1nc(-c2cccc(C)c2)cs1. The predicted octanol–water partition coefficient (Wildman–Crippen LogP) is 4.62. The summed E-state index contributed by atoms with van der Waals surface area (Å²) in [6, 6.07) is 13.9. The lowest BCUT2D eigenvalue weighted by molar-refractivity contribution is -0.115. The van der Waals surface area contributed by atoms with Gasteiger partial charge in [-0.2, -0.15) is 0 Å². The minimum absolute atomic E-state index is 0.103. The quantitative estimate of drug-likeness (QED) is 0.729. The van der Waals surface area contributed by atoms with Crippen molar-refractivity contribution in [1.82, 2.24) is 4.98 Å². The molecule has 0 saturated heterocycles. The van der Waals surface area contributed by atoms with Crippen LogP contribution in [0.3, 0.4) is 0 Å². The van der Waals surface area contributed by atoms with Crippen LogP contribution in [-0.2, 0) is 11.2 Å². The largest absolute Gasteiger partial charge is 0.495 e. The van der Waals surface area contributed by atoms with E-state index < -0.39 is 0 Å². The number of nitrogens with one attached hydrogen (secondary N) is 1. The van der Waals surface area contributed by atoms with Crippen molar-refractivity contribution in [3.8, 4) is 17.0 Å². The molecular weight excluding hydrogens is 332 g/mol. The molecule has 0 aliphatic rings. The van der Waals surface area contributed by atoms with Gasteiger partial charge in [0.1, 0.15) is 10.8 Å². The number of thiazole rings is 1. The van der Waals surface area contributed by atoms with Crippen molar-refractivity contribution in [1.29, 1.82) is 0 Å². The van der Waals surface area contributed by atoms with E-state index in [-0.39, 0.29) is 12.3 Å². The molecule has 3 rings (SSSR count). The van der Waals surface area contributed by atoms with Crippen LogP contribution in [0.25, 0.3) is 11.3 Å². The smallest absolute Gasteiger partial charge is 0.231 e. The van der Waals surface area contributed by atoms with E-state index >= 15 is 0 Å². The molecule has 0 unspecified atom stereocenters. The van der Waals surface area contributed by atoms with Crippen molar-refractivity contribution < 1.29 is 9.53 Å². The van der Waals surface area contributed by atoms with Crippen LogP contribution in [-0.4, -0.2) is 18.0 Å². The molecule has 128 valence electrons. The number of anilines is 1. The van der Waals surface area contributed by atoms with Crippen molar-refractivity contribution in [2.75, 3.05) is 12.4 Å². The van der Waals surface area contributed by atoms with E-state index in [9.17, 15) is 4.79 Å². The van der Waals surface area contributed by atoms with Crippen LogP contribution in [0.15, 0.2) is 47.8 Å². The Balaban J connectivity index is 1.71. The van der Waals surface area contributed by atoms with E-state index in [0.29, 0.717) is 11.4 Å². The summed E-state index contributed by atoms with van der Waals surface area (Å²) in [5, 5.41) is 5.69. The third-order valence-corrected chi connectivity index (χ3v) is 4.66. The van der Waals surface area contributed by atoms with Crippen molar-refractivity contribution in [2.24, 2.45) is 0 Å². The van der Waals surface area contributed by atoms with Gasteiger partial charge in [-0.1, -0.05) is 29.8 Å². The van der Waals surface area contributed by atoms with E-state index in [0.717, 1.165) is 21.8 Å². The number of hydrogen-bond donors (Lipinski definition) is 1. The first-order valence-corrected chi connectivity index (χ1v) is 8.89. The van der Waals surface area contributed by atoms with Gasteiger partial charge in [0.05, 0.1) is 24.9 Å². The first-order chi connectivity index (χ1) is 12.0. The standard InChI is InChI=1S/C20H20N2O2S/c1-13-5-4-6-15(9-13)17-12-25-20(22-17)11-19(23)21-16-10-14(2)7-8-18(16)24-3/h4-10,12H,11H2,1-3H3,(H,21,23). The molecule has 5 heteroatoms. The molecule has 0 radical (unpaired) electrons. The highest BCUT2D eigenvalue weighted by atomic mass is 32.1. The first kappa shape index (κ1) is 17.2. The Labute approximate surface area is 151 Å². The molecule has 0 bridgehead atoms. The molecule has 0 spiro atoms. The minimum Gasteiger partial charge on any atom is -0.495 e.